The minimum Gasteiger partial charge on any atom is -0.444 e. The van der Waals surface area contributed by atoms with Gasteiger partial charge in [-0.3, -0.25) is 9.69 Å². The van der Waals surface area contributed by atoms with Gasteiger partial charge in [0.15, 0.2) is 0 Å². The molecule has 2 amide bonds. The summed E-state index contributed by atoms with van der Waals surface area (Å²) in [5, 5.41) is 0. The van der Waals surface area contributed by atoms with Crippen LogP contribution in [0, 0.1) is 5.82 Å². The number of carbonyl (C=O) groups excluding carboxylic acids is 2. The van der Waals surface area contributed by atoms with Gasteiger partial charge in [-0.05, 0) is 64.2 Å². The summed E-state index contributed by atoms with van der Waals surface area (Å²) >= 11 is 0. The van der Waals surface area contributed by atoms with Gasteiger partial charge in [-0.15, -0.1) is 0 Å². The third-order valence-electron chi connectivity index (χ3n) is 5.49. The molecule has 0 spiro atoms. The van der Waals surface area contributed by atoms with Gasteiger partial charge in [0.1, 0.15) is 17.5 Å². The number of rotatable bonds is 2. The molecule has 2 unspecified atom stereocenters. The first-order chi connectivity index (χ1) is 13.2. The Hall–Kier alpha value is -2.11. The summed E-state index contributed by atoms with van der Waals surface area (Å²) in [5.41, 5.74) is 0.486. The van der Waals surface area contributed by atoms with E-state index in [1.54, 1.807) is 4.90 Å². The zero-order valence-electron chi connectivity index (χ0n) is 17.1. The molecule has 0 aromatic heterocycles. The van der Waals surface area contributed by atoms with Crippen molar-refractivity contribution in [2.45, 2.75) is 70.4 Å². The van der Waals surface area contributed by atoms with Crippen LogP contribution in [0.4, 0.5) is 9.18 Å². The van der Waals surface area contributed by atoms with E-state index in [1.165, 1.54) is 12.1 Å². The zero-order valence-corrected chi connectivity index (χ0v) is 17.1. The van der Waals surface area contributed by atoms with Crippen LogP contribution in [0.3, 0.4) is 0 Å². The SMILES string of the molecule is CC(C)(C)OC(=O)N1CCCC1C(=O)N1CCCCC(c2ccc(F)cc2)C1. The Morgan fingerprint density at radius 1 is 1.04 bits per heavy atom. The highest BCUT2D eigenvalue weighted by molar-refractivity contribution is 5.86. The quantitative estimate of drug-likeness (QED) is 0.756. The van der Waals surface area contributed by atoms with Gasteiger partial charge in [0.25, 0.3) is 0 Å². The number of benzene rings is 1. The largest absolute Gasteiger partial charge is 0.444 e. The van der Waals surface area contributed by atoms with Crippen molar-refractivity contribution in [3.8, 4) is 0 Å². The van der Waals surface area contributed by atoms with E-state index in [2.05, 4.69) is 0 Å². The lowest BCUT2D eigenvalue weighted by molar-refractivity contribution is -0.136. The van der Waals surface area contributed by atoms with Gasteiger partial charge < -0.3 is 9.64 Å². The molecule has 0 N–H and O–H groups in total. The van der Waals surface area contributed by atoms with Crippen LogP contribution in [-0.4, -0.2) is 53.1 Å². The Bertz CT molecular complexity index is 699. The van der Waals surface area contributed by atoms with Gasteiger partial charge in [-0.2, -0.15) is 0 Å². The van der Waals surface area contributed by atoms with E-state index in [0.29, 0.717) is 26.1 Å². The molecule has 2 aliphatic rings. The predicted octanol–water partition coefficient (Wildman–Crippen LogP) is 4.32. The fraction of sp³-hybridized carbons (Fsp3) is 0.636. The monoisotopic (exact) mass is 390 g/mol. The Morgan fingerprint density at radius 2 is 1.75 bits per heavy atom. The molecule has 3 rings (SSSR count). The van der Waals surface area contributed by atoms with Crippen LogP contribution in [0.25, 0.3) is 0 Å². The Balaban J connectivity index is 1.71. The highest BCUT2D eigenvalue weighted by Crippen LogP contribution is 2.29. The van der Waals surface area contributed by atoms with E-state index in [-0.39, 0.29) is 17.6 Å². The molecule has 2 fully saturated rings. The number of halogens is 1. The number of hydrogen-bond acceptors (Lipinski definition) is 3. The van der Waals surface area contributed by atoms with Gasteiger partial charge in [0, 0.05) is 25.6 Å². The molecule has 154 valence electrons. The summed E-state index contributed by atoms with van der Waals surface area (Å²) in [7, 11) is 0. The molecule has 28 heavy (non-hydrogen) atoms. The molecule has 5 nitrogen and oxygen atoms in total. The van der Waals surface area contributed by atoms with Crippen molar-refractivity contribution >= 4 is 12.0 Å². The van der Waals surface area contributed by atoms with Crippen LogP contribution < -0.4 is 0 Å². The van der Waals surface area contributed by atoms with Crippen molar-refractivity contribution in [1.82, 2.24) is 9.80 Å². The van der Waals surface area contributed by atoms with Crippen LogP contribution in [0.5, 0.6) is 0 Å². The lowest BCUT2D eigenvalue weighted by Crippen LogP contribution is -2.49. The lowest BCUT2D eigenvalue weighted by Gasteiger charge is -2.32. The summed E-state index contributed by atoms with van der Waals surface area (Å²) in [6.45, 7) is 7.37. The van der Waals surface area contributed by atoms with Gasteiger partial charge in [-0.25, -0.2) is 9.18 Å². The first-order valence-electron chi connectivity index (χ1n) is 10.3. The number of hydrogen-bond donors (Lipinski definition) is 0. The van der Waals surface area contributed by atoms with Crippen molar-refractivity contribution in [1.29, 1.82) is 0 Å². The average molecular weight is 390 g/mol. The molecule has 0 saturated carbocycles. The van der Waals surface area contributed by atoms with Gasteiger partial charge >= 0.3 is 6.09 Å². The topological polar surface area (TPSA) is 49.9 Å². The van der Waals surface area contributed by atoms with Crippen LogP contribution in [0.1, 0.15) is 64.4 Å². The van der Waals surface area contributed by atoms with Crippen LogP contribution in [0.15, 0.2) is 24.3 Å². The van der Waals surface area contributed by atoms with Crippen molar-refractivity contribution < 1.29 is 18.7 Å². The fourth-order valence-corrected chi connectivity index (χ4v) is 4.12. The summed E-state index contributed by atoms with van der Waals surface area (Å²) in [6, 6.07) is 6.15. The molecular formula is C22H31FN2O3. The second kappa shape index (κ2) is 8.50. The second-order valence-electron chi connectivity index (χ2n) is 8.86. The molecule has 1 aromatic carbocycles. The van der Waals surface area contributed by atoms with Gasteiger partial charge in [0.2, 0.25) is 5.91 Å². The number of carbonyl (C=O) groups is 2. The molecule has 0 bridgehead atoms. The number of ether oxygens (including phenoxy) is 1. The van der Waals surface area contributed by atoms with Crippen molar-refractivity contribution in [3.05, 3.63) is 35.6 Å². The molecular weight excluding hydrogens is 359 g/mol. The molecule has 1 aromatic rings. The lowest BCUT2D eigenvalue weighted by atomic mass is 9.94. The third-order valence-corrected chi connectivity index (χ3v) is 5.49. The van der Waals surface area contributed by atoms with Crippen molar-refractivity contribution in [2.75, 3.05) is 19.6 Å². The maximum absolute atomic E-state index is 13.3. The highest BCUT2D eigenvalue weighted by Gasteiger charge is 2.39. The van der Waals surface area contributed by atoms with E-state index in [1.807, 2.05) is 37.8 Å². The van der Waals surface area contributed by atoms with Crippen LogP contribution >= 0.6 is 0 Å². The van der Waals surface area contributed by atoms with E-state index < -0.39 is 17.7 Å². The maximum Gasteiger partial charge on any atom is 0.410 e. The van der Waals surface area contributed by atoms with Crippen LogP contribution in [-0.2, 0) is 9.53 Å². The first kappa shape index (κ1) is 20.6. The minimum atomic E-state index is -0.580. The maximum atomic E-state index is 13.3. The van der Waals surface area contributed by atoms with Gasteiger partial charge in [0.05, 0.1) is 0 Å². The van der Waals surface area contributed by atoms with Crippen LogP contribution in [0.2, 0.25) is 0 Å². The molecule has 6 heteroatoms. The average Bonchev–Trinajstić information content (AvgIpc) is 2.99. The normalized spacial score (nSPS) is 23.4. The van der Waals surface area contributed by atoms with E-state index >= 15 is 0 Å². The Kier molecular flexibility index (Phi) is 6.26. The standard InChI is InChI=1S/C22H31FN2O3/c1-22(2,3)28-21(27)25-14-6-8-19(25)20(26)24-13-5-4-7-17(15-24)16-9-11-18(23)12-10-16/h9-12,17,19H,4-8,13-15H2,1-3H3. The molecule has 0 aliphatic carbocycles. The predicted molar refractivity (Wildman–Crippen MR) is 106 cm³/mol. The van der Waals surface area contributed by atoms with Crippen molar-refractivity contribution in [2.24, 2.45) is 0 Å². The summed E-state index contributed by atoms with van der Waals surface area (Å²) < 4.78 is 18.8. The van der Waals surface area contributed by atoms with E-state index in [0.717, 1.165) is 31.2 Å². The Labute approximate surface area is 166 Å². The summed E-state index contributed by atoms with van der Waals surface area (Å²) in [5.74, 6) is -0.0370. The molecule has 2 saturated heterocycles. The van der Waals surface area contributed by atoms with Gasteiger partial charge in [-0.1, -0.05) is 18.6 Å². The molecule has 2 atom stereocenters. The Morgan fingerprint density at radius 3 is 2.43 bits per heavy atom. The fourth-order valence-electron chi connectivity index (χ4n) is 4.12. The first-order valence-corrected chi connectivity index (χ1v) is 10.3. The number of likely N-dealkylation sites (tertiary alicyclic amines) is 2. The molecule has 2 aliphatic heterocycles. The number of nitrogens with zero attached hydrogens (tertiary/aromatic N) is 2. The van der Waals surface area contributed by atoms with E-state index in [9.17, 15) is 14.0 Å². The summed E-state index contributed by atoms with van der Waals surface area (Å²) in [4.78, 5) is 29.3. The second-order valence-corrected chi connectivity index (χ2v) is 8.86. The molecule has 2 heterocycles. The molecule has 0 radical (unpaired) electrons. The van der Waals surface area contributed by atoms with E-state index in [4.69, 9.17) is 4.74 Å². The third kappa shape index (κ3) is 5.03. The summed E-state index contributed by atoms with van der Waals surface area (Å²) in [6.07, 6.45) is 4.04. The smallest absolute Gasteiger partial charge is 0.410 e. The highest BCUT2D eigenvalue weighted by atomic mass is 19.1. The zero-order chi connectivity index (χ0) is 20.3. The van der Waals surface area contributed by atoms with Crippen molar-refractivity contribution in [3.63, 3.8) is 0 Å². The minimum absolute atomic E-state index is 0.0115. The number of amides is 2.